The third-order valence-electron chi connectivity index (χ3n) is 1.80. The first-order valence-electron chi connectivity index (χ1n) is 4.24. The van der Waals surface area contributed by atoms with Crippen LogP contribution in [0.5, 0.6) is 0 Å². The van der Waals surface area contributed by atoms with Crippen LogP contribution in [0.2, 0.25) is 5.02 Å². The first-order chi connectivity index (χ1) is 6.65. The fourth-order valence-corrected chi connectivity index (χ4v) is 1.17. The molecule has 1 heterocycles. The zero-order chi connectivity index (χ0) is 10.6. The van der Waals surface area contributed by atoms with E-state index in [0.29, 0.717) is 17.1 Å². The van der Waals surface area contributed by atoms with E-state index < -0.39 is 12.0 Å². The maximum Gasteiger partial charge on any atom is 0.326 e. The maximum atomic E-state index is 10.7. The van der Waals surface area contributed by atoms with Gasteiger partial charge >= 0.3 is 5.97 Å². The minimum absolute atomic E-state index is 0.472. The van der Waals surface area contributed by atoms with Crippen molar-refractivity contribution in [3.8, 4) is 0 Å². The van der Waals surface area contributed by atoms with Crippen LogP contribution in [0.3, 0.4) is 0 Å². The van der Waals surface area contributed by atoms with Crippen LogP contribution < -0.4 is 5.32 Å². The van der Waals surface area contributed by atoms with Gasteiger partial charge in [-0.2, -0.15) is 0 Å². The van der Waals surface area contributed by atoms with E-state index in [9.17, 15) is 4.79 Å². The monoisotopic (exact) mass is 214 g/mol. The molecule has 0 aliphatic rings. The highest BCUT2D eigenvalue weighted by atomic mass is 35.5. The Kier molecular flexibility index (Phi) is 3.71. The summed E-state index contributed by atoms with van der Waals surface area (Å²) < 4.78 is 0. The lowest BCUT2D eigenvalue weighted by Crippen LogP contribution is -2.28. The number of nitrogens with zero attached hydrogens (tertiary/aromatic N) is 1. The smallest absolute Gasteiger partial charge is 0.326 e. The minimum atomic E-state index is -0.896. The molecule has 0 saturated carbocycles. The molecule has 0 radical (unpaired) electrons. The molecule has 1 aromatic rings. The molecule has 0 saturated heterocycles. The van der Waals surface area contributed by atoms with Gasteiger partial charge in [0.05, 0.1) is 16.9 Å². The zero-order valence-electron chi connectivity index (χ0n) is 7.70. The number of hydrogen-bond acceptors (Lipinski definition) is 3. The molecule has 0 bridgehead atoms. The molecule has 5 heteroatoms. The average molecular weight is 215 g/mol. The number of aromatic nitrogens is 1. The summed E-state index contributed by atoms with van der Waals surface area (Å²) in [5.41, 5.74) is 0.545. The van der Waals surface area contributed by atoms with Gasteiger partial charge in [-0.05, 0) is 12.5 Å². The summed E-state index contributed by atoms with van der Waals surface area (Å²) in [6.07, 6.45) is 3.55. The predicted octanol–water partition coefficient (Wildman–Crippen LogP) is 2.01. The Morgan fingerprint density at radius 2 is 2.50 bits per heavy atom. The normalized spacial score (nSPS) is 12.1. The van der Waals surface area contributed by atoms with E-state index in [1.54, 1.807) is 19.2 Å². The highest BCUT2D eigenvalue weighted by Crippen LogP contribution is 2.20. The Bertz CT molecular complexity index is 330. The molecule has 0 spiro atoms. The Morgan fingerprint density at radius 3 is 3.00 bits per heavy atom. The van der Waals surface area contributed by atoms with Crippen LogP contribution in [0.25, 0.3) is 0 Å². The van der Waals surface area contributed by atoms with Crippen LogP contribution in [0, 0.1) is 0 Å². The van der Waals surface area contributed by atoms with Gasteiger partial charge in [0.25, 0.3) is 0 Å². The summed E-state index contributed by atoms with van der Waals surface area (Å²) in [5.74, 6) is -0.896. The molecule has 1 rings (SSSR count). The molecule has 0 fully saturated rings. The van der Waals surface area contributed by atoms with E-state index in [1.807, 2.05) is 0 Å². The minimum Gasteiger partial charge on any atom is -0.480 e. The van der Waals surface area contributed by atoms with Crippen molar-refractivity contribution in [3.05, 3.63) is 23.5 Å². The molecular formula is C9H11ClN2O2. The van der Waals surface area contributed by atoms with E-state index in [4.69, 9.17) is 16.7 Å². The first-order valence-corrected chi connectivity index (χ1v) is 4.61. The van der Waals surface area contributed by atoms with E-state index in [1.165, 1.54) is 6.20 Å². The Balaban J connectivity index is 2.77. The molecule has 1 atom stereocenters. The van der Waals surface area contributed by atoms with Crippen LogP contribution in [0.15, 0.2) is 18.5 Å². The van der Waals surface area contributed by atoms with Gasteiger partial charge in [0.15, 0.2) is 0 Å². The molecule has 4 nitrogen and oxygen atoms in total. The number of aliphatic carboxylic acids is 1. The van der Waals surface area contributed by atoms with Crippen LogP contribution in [-0.4, -0.2) is 22.1 Å². The molecule has 1 unspecified atom stereocenters. The number of carboxylic acids is 1. The second-order valence-electron chi connectivity index (χ2n) is 2.80. The van der Waals surface area contributed by atoms with Gasteiger partial charge in [-0.3, -0.25) is 4.98 Å². The molecule has 0 aromatic carbocycles. The summed E-state index contributed by atoms with van der Waals surface area (Å²) in [6.45, 7) is 1.79. The first kappa shape index (κ1) is 10.8. The van der Waals surface area contributed by atoms with Crippen LogP contribution in [-0.2, 0) is 4.79 Å². The molecule has 1 aromatic heterocycles. The summed E-state index contributed by atoms with van der Waals surface area (Å²) in [4.78, 5) is 14.6. The van der Waals surface area contributed by atoms with Crippen molar-refractivity contribution in [2.24, 2.45) is 0 Å². The van der Waals surface area contributed by atoms with Gasteiger partial charge in [-0.15, -0.1) is 0 Å². The maximum absolute atomic E-state index is 10.7. The van der Waals surface area contributed by atoms with Gasteiger partial charge < -0.3 is 10.4 Å². The topological polar surface area (TPSA) is 62.2 Å². The van der Waals surface area contributed by atoms with Crippen LogP contribution in [0.4, 0.5) is 5.69 Å². The van der Waals surface area contributed by atoms with Gasteiger partial charge in [0, 0.05) is 6.20 Å². The van der Waals surface area contributed by atoms with Crippen molar-refractivity contribution >= 4 is 23.3 Å². The molecular weight excluding hydrogens is 204 g/mol. The Labute approximate surface area is 86.9 Å². The fraction of sp³-hybridized carbons (Fsp3) is 0.333. The number of rotatable bonds is 4. The number of anilines is 1. The van der Waals surface area contributed by atoms with Crippen molar-refractivity contribution in [1.29, 1.82) is 0 Å². The van der Waals surface area contributed by atoms with E-state index in [0.717, 1.165) is 0 Å². The van der Waals surface area contributed by atoms with E-state index in [-0.39, 0.29) is 0 Å². The lowest BCUT2D eigenvalue weighted by atomic mass is 10.2. The van der Waals surface area contributed by atoms with Gasteiger partial charge in [0.2, 0.25) is 0 Å². The van der Waals surface area contributed by atoms with Crippen LogP contribution >= 0.6 is 11.6 Å². The molecule has 2 N–H and O–H groups in total. The standard InChI is InChI=1S/C9H11ClN2O2/c1-2-7(9(13)14)12-8-5-11-4-3-6(8)10/h3-5,7,12H,2H2,1H3,(H,13,14). The van der Waals surface area contributed by atoms with Crippen molar-refractivity contribution in [3.63, 3.8) is 0 Å². The number of pyridine rings is 1. The largest absolute Gasteiger partial charge is 0.480 e. The van der Waals surface area contributed by atoms with Crippen molar-refractivity contribution in [2.75, 3.05) is 5.32 Å². The fourth-order valence-electron chi connectivity index (χ4n) is 1.01. The second kappa shape index (κ2) is 4.81. The molecule has 0 aliphatic heterocycles. The number of halogens is 1. The lowest BCUT2D eigenvalue weighted by Gasteiger charge is -2.13. The second-order valence-corrected chi connectivity index (χ2v) is 3.21. The van der Waals surface area contributed by atoms with Gasteiger partial charge in [0.1, 0.15) is 6.04 Å². The number of carboxylic acid groups (broad SMARTS) is 1. The summed E-state index contributed by atoms with van der Waals surface area (Å²) >= 11 is 5.83. The highest BCUT2D eigenvalue weighted by molar-refractivity contribution is 6.33. The van der Waals surface area contributed by atoms with Crippen LogP contribution in [0.1, 0.15) is 13.3 Å². The average Bonchev–Trinajstić information content (AvgIpc) is 2.16. The SMILES string of the molecule is CCC(Nc1cnccc1Cl)C(=O)O. The van der Waals surface area contributed by atoms with Crippen molar-refractivity contribution in [2.45, 2.75) is 19.4 Å². The third-order valence-corrected chi connectivity index (χ3v) is 2.13. The highest BCUT2D eigenvalue weighted by Gasteiger charge is 2.15. The molecule has 0 amide bonds. The molecule has 76 valence electrons. The van der Waals surface area contributed by atoms with Crippen molar-refractivity contribution in [1.82, 2.24) is 4.98 Å². The number of nitrogens with one attached hydrogen (secondary N) is 1. The number of carbonyl (C=O) groups is 1. The summed E-state index contributed by atoms with van der Waals surface area (Å²) in [5, 5.41) is 12.1. The third kappa shape index (κ3) is 2.60. The van der Waals surface area contributed by atoms with Gasteiger partial charge in [-0.1, -0.05) is 18.5 Å². The Hall–Kier alpha value is -1.29. The Morgan fingerprint density at radius 1 is 1.79 bits per heavy atom. The van der Waals surface area contributed by atoms with Gasteiger partial charge in [-0.25, -0.2) is 4.79 Å². The number of hydrogen-bond donors (Lipinski definition) is 2. The van der Waals surface area contributed by atoms with Crippen molar-refractivity contribution < 1.29 is 9.90 Å². The quantitative estimate of drug-likeness (QED) is 0.805. The summed E-state index contributed by atoms with van der Waals surface area (Å²) in [7, 11) is 0. The molecule has 0 aliphatic carbocycles. The zero-order valence-corrected chi connectivity index (χ0v) is 8.45. The lowest BCUT2D eigenvalue weighted by molar-refractivity contribution is -0.137. The van der Waals surface area contributed by atoms with E-state index in [2.05, 4.69) is 10.3 Å². The molecule has 14 heavy (non-hydrogen) atoms. The predicted molar refractivity (Wildman–Crippen MR) is 54.6 cm³/mol. The summed E-state index contributed by atoms with van der Waals surface area (Å²) in [6, 6.07) is 0.982. The van der Waals surface area contributed by atoms with E-state index >= 15 is 0 Å².